The fraction of sp³-hybridized carbons (Fsp3) is 0.549. The number of aliphatic hydroxyl groups is 2. The van der Waals surface area contributed by atoms with Gasteiger partial charge in [-0.25, -0.2) is 19.6 Å². The number of rotatable bonds is 21. The van der Waals surface area contributed by atoms with Gasteiger partial charge in [0.25, 0.3) is 5.56 Å². The van der Waals surface area contributed by atoms with Gasteiger partial charge in [0.2, 0.25) is 5.95 Å². The number of allylic oxidation sites excluding steroid dienone is 1. The van der Waals surface area contributed by atoms with E-state index in [1.165, 1.54) is 45.2 Å². The Bertz CT molecular complexity index is 2730. The Kier molecular flexibility index (Phi) is 16.8. The number of anilines is 1. The van der Waals surface area contributed by atoms with Crippen LogP contribution in [-0.4, -0.2) is 118 Å². The van der Waals surface area contributed by atoms with Crippen LogP contribution in [-0.2, 0) is 65.3 Å². The van der Waals surface area contributed by atoms with Gasteiger partial charge in [-0.1, -0.05) is 62.9 Å². The van der Waals surface area contributed by atoms with Crippen LogP contribution in [0.3, 0.4) is 0 Å². The van der Waals surface area contributed by atoms with E-state index in [2.05, 4.69) is 26.9 Å². The van der Waals surface area contributed by atoms with Gasteiger partial charge in [-0.3, -0.25) is 33.8 Å². The summed E-state index contributed by atoms with van der Waals surface area (Å²) in [5, 5.41) is 34.9. The van der Waals surface area contributed by atoms with Crippen LogP contribution in [0.2, 0.25) is 0 Å². The lowest BCUT2D eigenvalue weighted by Crippen LogP contribution is -2.64. The number of aryl methyl sites for hydroxylation is 2. The number of carboxylic acid groups (broad SMARTS) is 1. The predicted octanol–water partition coefficient (Wildman–Crippen LogP) is 4.28. The molecule has 21 nitrogen and oxygen atoms in total. The lowest BCUT2D eigenvalue weighted by molar-refractivity contribution is -0.212. The summed E-state index contributed by atoms with van der Waals surface area (Å²) < 4.78 is 29.8. The number of Topliss-reactive ketones (excluding diaryl/α,β-unsaturated/α-hetero) is 1. The predicted molar refractivity (Wildman–Crippen MR) is 254 cm³/mol. The molecule has 0 amide bonds. The molecule has 1 saturated heterocycles. The van der Waals surface area contributed by atoms with E-state index in [0.717, 1.165) is 45.1 Å². The van der Waals surface area contributed by atoms with Crippen LogP contribution in [0.5, 0.6) is 0 Å². The Morgan fingerprint density at radius 3 is 2.28 bits per heavy atom. The quantitative estimate of drug-likeness (QED) is 0.0248. The summed E-state index contributed by atoms with van der Waals surface area (Å²) in [7, 11) is 0. The number of benzene rings is 1. The largest absolute Gasteiger partial charge is 0.481 e. The zero-order valence-electron chi connectivity index (χ0n) is 41.5. The third-order valence-corrected chi connectivity index (χ3v) is 14.0. The number of unbranched alkanes of at least 4 members (excludes halogenated alkanes) is 4. The molecular formula is C51H63N5O16. The number of nitrogens with zero attached hydrogens (tertiary/aromatic N) is 3. The van der Waals surface area contributed by atoms with Crippen molar-refractivity contribution in [3.05, 3.63) is 80.4 Å². The SMILES string of the molecule is C/C=C(/C)C(=O)O[C@H]1C(C)=C2C([C@@H]1OC(=O)CCCCCCC)[C@@](C)(OC(C)=O)C[C@H](OC(=O)CC[C@H](CC(=O)c1ccc(CCc3cnc4nc(N)[nH]c(=O)c4n3)cc1)C(=O)O)[C@@]1(O)[C@H]2OC(=O)[C@@]1(C)O. The highest BCUT2D eigenvalue weighted by Gasteiger charge is 2.76. The van der Waals surface area contributed by atoms with Crippen molar-refractivity contribution in [3.8, 4) is 0 Å². The number of carbonyl (C=O) groups excluding carboxylic acids is 6. The maximum Gasteiger partial charge on any atom is 0.341 e. The number of aromatic amines is 1. The maximum absolute atomic E-state index is 13.9. The molecule has 1 saturated carbocycles. The van der Waals surface area contributed by atoms with Crippen molar-refractivity contribution in [3.63, 3.8) is 0 Å². The van der Waals surface area contributed by atoms with Gasteiger partial charge in [0.1, 0.15) is 11.7 Å². The standard InChI is InChI=1S/C51H63N5O16/c1-8-10-11-12-13-14-35(59)69-41-38-37(27(4)40(41)70-46(64)26(3)9-2)42-51(67,50(7,66)47(65)71-42)34(24-49(38,6)72-28(5)57)68-36(60)22-20-31(45(62)63)23-33(58)30-18-15-29(16-19-30)17-21-32-25-53-43-39(54-32)44(61)56-48(52)55-43/h9,15-16,18-19,25,31,34,38,40-42,66-67H,8,10-14,17,20-24H2,1-7H3,(H,62,63)(H3,52,53,55,56,61)/b26-9-/t31-,34+,38?,40+,41+,42+,49+,50-,51-/m1/s1. The first-order valence-electron chi connectivity index (χ1n) is 24.1. The highest BCUT2D eigenvalue weighted by molar-refractivity contribution is 5.98. The minimum atomic E-state index is -2.83. The van der Waals surface area contributed by atoms with Crippen molar-refractivity contribution < 1.29 is 72.6 Å². The highest BCUT2D eigenvalue weighted by Crippen LogP contribution is 2.57. The van der Waals surface area contributed by atoms with Crippen LogP contribution in [0.1, 0.15) is 134 Å². The molecule has 0 radical (unpaired) electrons. The molecule has 1 aromatic carbocycles. The number of carboxylic acids is 1. The molecule has 72 heavy (non-hydrogen) atoms. The number of ketones is 1. The van der Waals surface area contributed by atoms with E-state index >= 15 is 0 Å². The molecule has 1 aliphatic heterocycles. The van der Waals surface area contributed by atoms with Crippen LogP contribution >= 0.6 is 0 Å². The van der Waals surface area contributed by atoms with Gasteiger partial charge in [0.05, 0.1) is 23.7 Å². The summed E-state index contributed by atoms with van der Waals surface area (Å²) in [5.74, 6) is -9.42. The lowest BCUT2D eigenvalue weighted by Gasteiger charge is -2.41. The molecule has 2 fully saturated rings. The number of ether oxygens (including phenoxy) is 5. The van der Waals surface area contributed by atoms with E-state index in [0.29, 0.717) is 25.0 Å². The Morgan fingerprint density at radius 2 is 1.62 bits per heavy atom. The number of aliphatic carboxylic acids is 1. The second-order valence-electron chi connectivity index (χ2n) is 19.2. The number of nitrogens with two attached hydrogens (primary N) is 1. The van der Waals surface area contributed by atoms with Gasteiger partial charge >= 0.3 is 35.8 Å². The van der Waals surface area contributed by atoms with E-state index in [9.17, 15) is 53.7 Å². The first-order chi connectivity index (χ1) is 33.9. The number of esters is 5. The monoisotopic (exact) mass is 1000 g/mol. The van der Waals surface area contributed by atoms with Gasteiger partial charge in [0, 0.05) is 43.7 Å². The molecule has 2 aliphatic carbocycles. The number of fused-ring (bicyclic) bond motifs is 4. The van der Waals surface area contributed by atoms with Crippen molar-refractivity contribution in [2.75, 3.05) is 5.73 Å². The van der Waals surface area contributed by atoms with Crippen molar-refractivity contribution >= 4 is 58.7 Å². The number of hydrogen-bond donors (Lipinski definition) is 5. The first-order valence-corrected chi connectivity index (χ1v) is 24.1. The summed E-state index contributed by atoms with van der Waals surface area (Å²) in [4.78, 5) is 121. The minimum Gasteiger partial charge on any atom is -0.481 e. The van der Waals surface area contributed by atoms with Crippen molar-refractivity contribution in [2.24, 2.45) is 11.8 Å². The molecule has 6 N–H and O–H groups in total. The average molecular weight is 1000 g/mol. The van der Waals surface area contributed by atoms with E-state index < -0.39 is 126 Å². The molecule has 9 atom stereocenters. The molecule has 21 heteroatoms. The third kappa shape index (κ3) is 11.4. The number of H-pyrrole nitrogens is 1. The number of hydrogen-bond acceptors (Lipinski definition) is 19. The summed E-state index contributed by atoms with van der Waals surface area (Å²) in [6.07, 6.45) is -0.872. The highest BCUT2D eigenvalue weighted by atomic mass is 16.6. The van der Waals surface area contributed by atoms with Gasteiger partial charge in [-0.15, -0.1) is 0 Å². The molecular weight excluding hydrogens is 939 g/mol. The fourth-order valence-electron chi connectivity index (χ4n) is 9.86. The van der Waals surface area contributed by atoms with Crippen LogP contribution in [0.25, 0.3) is 11.2 Å². The maximum atomic E-state index is 13.9. The number of carbonyl (C=O) groups is 7. The molecule has 2 aromatic heterocycles. The van der Waals surface area contributed by atoms with Gasteiger partial charge in [-0.2, -0.15) is 4.98 Å². The summed E-state index contributed by atoms with van der Waals surface area (Å²) >= 11 is 0. The smallest absolute Gasteiger partial charge is 0.341 e. The van der Waals surface area contributed by atoms with Crippen LogP contribution in [0, 0.1) is 11.8 Å². The number of aromatic nitrogens is 4. The second-order valence-corrected chi connectivity index (χ2v) is 19.2. The van der Waals surface area contributed by atoms with Crippen molar-refractivity contribution in [1.29, 1.82) is 0 Å². The normalized spacial score (nSPS) is 26.2. The molecule has 3 aromatic rings. The molecule has 3 aliphatic rings. The van der Waals surface area contributed by atoms with Gasteiger partial charge in [-0.05, 0) is 77.0 Å². The summed E-state index contributed by atoms with van der Waals surface area (Å²) in [6.45, 7) is 10.2. The Morgan fingerprint density at radius 1 is 0.944 bits per heavy atom. The Labute approximate surface area is 414 Å². The first kappa shape index (κ1) is 54.5. The second kappa shape index (κ2) is 22.3. The average Bonchev–Trinajstić information content (AvgIpc) is 3.65. The summed E-state index contributed by atoms with van der Waals surface area (Å²) in [6, 6.07) is 6.46. The number of nitrogen functional groups attached to an aromatic ring is 1. The molecule has 6 rings (SSSR count). The number of nitrogens with one attached hydrogen (secondary N) is 1. The van der Waals surface area contributed by atoms with E-state index in [-0.39, 0.29) is 45.8 Å². The van der Waals surface area contributed by atoms with Crippen molar-refractivity contribution in [1.82, 2.24) is 19.9 Å². The van der Waals surface area contributed by atoms with Crippen LogP contribution in [0.4, 0.5) is 5.95 Å². The Hall–Kier alpha value is -6.87. The molecule has 0 spiro atoms. The Balaban J connectivity index is 1.21. The van der Waals surface area contributed by atoms with E-state index in [4.69, 9.17) is 29.4 Å². The van der Waals surface area contributed by atoms with Crippen molar-refractivity contribution in [2.45, 2.75) is 167 Å². The van der Waals surface area contributed by atoms with Crippen LogP contribution < -0.4 is 11.3 Å². The summed E-state index contributed by atoms with van der Waals surface area (Å²) in [5.41, 5.74) is -0.440. The van der Waals surface area contributed by atoms with E-state index in [1.54, 1.807) is 19.1 Å². The molecule has 0 bridgehead atoms. The third-order valence-electron chi connectivity index (χ3n) is 14.0. The minimum absolute atomic E-state index is 0.00111. The van der Waals surface area contributed by atoms with Gasteiger partial charge < -0.3 is 44.7 Å². The molecule has 388 valence electrons. The lowest BCUT2D eigenvalue weighted by atomic mass is 9.75. The topological polar surface area (TPSA) is 324 Å². The molecule has 3 heterocycles. The van der Waals surface area contributed by atoms with Gasteiger partial charge in [0.15, 0.2) is 46.5 Å². The van der Waals surface area contributed by atoms with Crippen LogP contribution in [0.15, 0.2) is 58.1 Å². The zero-order chi connectivity index (χ0) is 52.9. The molecule has 1 unspecified atom stereocenters. The van der Waals surface area contributed by atoms with E-state index in [1.807, 2.05) is 0 Å². The fourth-order valence-corrected chi connectivity index (χ4v) is 9.86. The zero-order valence-corrected chi connectivity index (χ0v) is 41.5.